The Bertz CT molecular complexity index is 992. The fourth-order valence-corrected chi connectivity index (χ4v) is 3.24. The minimum absolute atomic E-state index is 0.874. The Labute approximate surface area is 114 Å². The number of rotatable bonds is 0. The molecule has 0 spiro atoms. The predicted octanol–water partition coefficient (Wildman–Crippen LogP) is 1.54. The van der Waals surface area contributed by atoms with Crippen molar-refractivity contribution < 1.29 is 4.40 Å². The van der Waals surface area contributed by atoms with Crippen LogP contribution >= 0.6 is 0 Å². The van der Waals surface area contributed by atoms with E-state index in [0.717, 1.165) is 29.2 Å². The van der Waals surface area contributed by atoms with Crippen LogP contribution in [0.15, 0.2) is 42.9 Å². The number of fused-ring (bicyclic) bond motifs is 7. The van der Waals surface area contributed by atoms with Crippen LogP contribution in [0.4, 0.5) is 0 Å². The van der Waals surface area contributed by atoms with Gasteiger partial charge in [-0.3, -0.25) is 4.98 Å². The van der Waals surface area contributed by atoms with Crippen molar-refractivity contribution in [3.05, 3.63) is 48.4 Å². The molecule has 0 saturated heterocycles. The van der Waals surface area contributed by atoms with Crippen LogP contribution in [-0.2, 0) is 13.6 Å². The van der Waals surface area contributed by atoms with Crippen molar-refractivity contribution in [1.82, 2.24) is 19.1 Å². The van der Waals surface area contributed by atoms with E-state index >= 15 is 0 Å². The van der Waals surface area contributed by atoms with Gasteiger partial charge in [-0.05, 0) is 18.2 Å². The maximum atomic E-state index is 4.52. The molecule has 1 aliphatic rings. The minimum Gasteiger partial charge on any atom is -0.253 e. The van der Waals surface area contributed by atoms with Crippen LogP contribution in [0.2, 0.25) is 0 Å². The van der Waals surface area contributed by atoms with E-state index in [1.807, 2.05) is 24.5 Å². The molecule has 0 atom stereocenters. The molecule has 5 nitrogen and oxygen atoms in total. The second-order valence-corrected chi connectivity index (χ2v) is 5.19. The van der Waals surface area contributed by atoms with Gasteiger partial charge in [0.25, 0.3) is 5.65 Å². The minimum atomic E-state index is 0.874. The zero-order chi connectivity index (χ0) is 13.3. The zero-order valence-corrected chi connectivity index (χ0v) is 11.0. The summed E-state index contributed by atoms with van der Waals surface area (Å²) < 4.78 is 6.65. The molecule has 1 aliphatic heterocycles. The highest BCUT2D eigenvalue weighted by Gasteiger charge is 2.30. The molecule has 0 fully saturated rings. The Kier molecular flexibility index (Phi) is 1.65. The average Bonchev–Trinajstić information content (AvgIpc) is 3.09. The summed E-state index contributed by atoms with van der Waals surface area (Å²) in [6, 6.07) is 8.22. The van der Waals surface area contributed by atoms with E-state index < -0.39 is 0 Å². The van der Waals surface area contributed by atoms with Crippen molar-refractivity contribution in [3.8, 4) is 11.4 Å². The second-order valence-electron chi connectivity index (χ2n) is 5.19. The molecule has 20 heavy (non-hydrogen) atoms. The van der Waals surface area contributed by atoms with Crippen LogP contribution in [-0.4, -0.2) is 19.1 Å². The molecular formula is C15H12N5+. The molecular weight excluding hydrogens is 250 g/mol. The molecule has 4 aromatic rings. The van der Waals surface area contributed by atoms with Crippen molar-refractivity contribution in [2.75, 3.05) is 0 Å². The summed E-state index contributed by atoms with van der Waals surface area (Å²) in [4.78, 5) is 9.03. The van der Waals surface area contributed by atoms with E-state index in [1.54, 1.807) is 0 Å². The molecule has 0 N–H and O–H groups in total. The van der Waals surface area contributed by atoms with Crippen molar-refractivity contribution in [2.45, 2.75) is 6.54 Å². The first-order chi connectivity index (χ1) is 9.84. The van der Waals surface area contributed by atoms with Crippen molar-refractivity contribution in [2.24, 2.45) is 7.05 Å². The first-order valence-corrected chi connectivity index (χ1v) is 6.63. The summed E-state index contributed by atoms with van der Waals surface area (Å²) in [6.07, 6.45) is 5.83. The van der Waals surface area contributed by atoms with Gasteiger partial charge in [-0.25, -0.2) is 9.13 Å². The number of aromatic nitrogens is 5. The average molecular weight is 262 g/mol. The normalized spacial score (nSPS) is 13.1. The van der Waals surface area contributed by atoms with Gasteiger partial charge >= 0.3 is 5.78 Å². The Hall–Kier alpha value is -2.69. The van der Waals surface area contributed by atoms with E-state index in [4.69, 9.17) is 0 Å². The summed E-state index contributed by atoms with van der Waals surface area (Å²) >= 11 is 0. The number of aryl methyl sites for hydroxylation is 1. The molecule has 0 amide bonds. The van der Waals surface area contributed by atoms with E-state index in [-0.39, 0.29) is 0 Å². The molecule has 4 aromatic heterocycles. The number of hydrogen-bond donors (Lipinski definition) is 0. The zero-order valence-electron chi connectivity index (χ0n) is 11.0. The third-order valence-corrected chi connectivity index (χ3v) is 4.12. The van der Waals surface area contributed by atoms with Gasteiger partial charge in [0, 0.05) is 18.8 Å². The molecule has 5 rings (SSSR count). The lowest BCUT2D eigenvalue weighted by Gasteiger charge is -1.94. The smallest absolute Gasteiger partial charge is 0.253 e. The maximum absolute atomic E-state index is 4.52. The van der Waals surface area contributed by atoms with Gasteiger partial charge in [0.2, 0.25) is 0 Å². The Morgan fingerprint density at radius 1 is 1.15 bits per heavy atom. The van der Waals surface area contributed by atoms with E-state index in [1.165, 1.54) is 11.3 Å². The lowest BCUT2D eigenvalue weighted by molar-refractivity contribution is -0.482. The highest BCUT2D eigenvalue weighted by atomic mass is 15.3. The van der Waals surface area contributed by atoms with Crippen LogP contribution in [0, 0.1) is 0 Å². The molecule has 0 bridgehead atoms. The standard InChI is InChI=1S/C15H12N5/c1-18-11-5-3-7-17-14(11)20-9-12-13-10(4-2-6-16-13)8-19(12)15(18)20/h2-7,9H,8H2,1H3/q+1. The van der Waals surface area contributed by atoms with Crippen LogP contribution in [0.3, 0.4) is 0 Å². The highest BCUT2D eigenvalue weighted by molar-refractivity contribution is 5.73. The third kappa shape index (κ3) is 1.02. The van der Waals surface area contributed by atoms with Crippen molar-refractivity contribution in [1.29, 1.82) is 0 Å². The molecule has 0 saturated carbocycles. The second kappa shape index (κ2) is 3.25. The van der Waals surface area contributed by atoms with Gasteiger partial charge < -0.3 is 0 Å². The monoisotopic (exact) mass is 262 g/mol. The van der Waals surface area contributed by atoms with Crippen molar-refractivity contribution >= 4 is 16.9 Å². The Morgan fingerprint density at radius 2 is 2.00 bits per heavy atom. The van der Waals surface area contributed by atoms with Gasteiger partial charge in [-0.2, -0.15) is 4.40 Å². The van der Waals surface area contributed by atoms with Crippen LogP contribution in [0.25, 0.3) is 28.3 Å². The first kappa shape index (κ1) is 10.1. The summed E-state index contributed by atoms with van der Waals surface area (Å²) in [5.41, 5.74) is 5.66. The first-order valence-electron chi connectivity index (χ1n) is 6.63. The molecule has 0 aliphatic carbocycles. The van der Waals surface area contributed by atoms with Crippen LogP contribution in [0.5, 0.6) is 0 Å². The van der Waals surface area contributed by atoms with E-state index in [9.17, 15) is 0 Å². The summed E-state index contributed by atoms with van der Waals surface area (Å²) in [7, 11) is 2.09. The molecule has 96 valence electrons. The largest absolute Gasteiger partial charge is 0.329 e. The van der Waals surface area contributed by atoms with Gasteiger partial charge in [0.1, 0.15) is 11.4 Å². The SMILES string of the molecule is Cn1c2cccnc2[n+]2cc3n(c12)Cc1cccnc1-3. The highest BCUT2D eigenvalue weighted by Crippen LogP contribution is 2.31. The van der Waals surface area contributed by atoms with Gasteiger partial charge in [-0.1, -0.05) is 6.07 Å². The third-order valence-electron chi connectivity index (χ3n) is 4.12. The summed E-state index contributed by atoms with van der Waals surface area (Å²) in [6.45, 7) is 0.874. The Morgan fingerprint density at radius 3 is 2.95 bits per heavy atom. The molecule has 5 heteroatoms. The molecule has 0 unspecified atom stereocenters. The molecule has 5 heterocycles. The van der Waals surface area contributed by atoms with Crippen LogP contribution in [0.1, 0.15) is 5.56 Å². The Balaban J connectivity index is 1.97. The number of nitrogens with zero attached hydrogens (tertiary/aromatic N) is 5. The van der Waals surface area contributed by atoms with Crippen LogP contribution < -0.4 is 4.40 Å². The topological polar surface area (TPSA) is 39.7 Å². The fourth-order valence-electron chi connectivity index (χ4n) is 3.24. The van der Waals surface area contributed by atoms with E-state index in [2.05, 4.69) is 48.9 Å². The van der Waals surface area contributed by atoms with Crippen molar-refractivity contribution in [3.63, 3.8) is 0 Å². The number of imidazole rings is 2. The number of hydrogen-bond acceptors (Lipinski definition) is 2. The molecule has 0 aromatic carbocycles. The molecule has 0 radical (unpaired) electrons. The summed E-state index contributed by atoms with van der Waals surface area (Å²) in [5.74, 6) is 1.15. The summed E-state index contributed by atoms with van der Waals surface area (Å²) in [5, 5.41) is 0. The lowest BCUT2D eigenvalue weighted by atomic mass is 10.2. The number of pyridine rings is 2. The maximum Gasteiger partial charge on any atom is 0.329 e. The van der Waals surface area contributed by atoms with E-state index in [0.29, 0.717) is 0 Å². The fraction of sp³-hybridized carbons (Fsp3) is 0.133. The van der Waals surface area contributed by atoms with Gasteiger partial charge in [-0.15, -0.1) is 4.98 Å². The van der Waals surface area contributed by atoms with Gasteiger partial charge in [0.05, 0.1) is 18.9 Å². The quantitative estimate of drug-likeness (QED) is 0.397. The predicted molar refractivity (Wildman–Crippen MR) is 74.2 cm³/mol. The van der Waals surface area contributed by atoms with Gasteiger partial charge in [0.15, 0.2) is 5.52 Å². The lowest BCUT2D eigenvalue weighted by Crippen LogP contribution is -2.19.